The summed E-state index contributed by atoms with van der Waals surface area (Å²) in [6, 6.07) is 18.8. The molecule has 0 saturated carbocycles. The molecule has 0 atom stereocenters. The van der Waals surface area contributed by atoms with Crippen LogP contribution in [0.2, 0.25) is 0 Å². The van der Waals surface area contributed by atoms with E-state index in [2.05, 4.69) is 39.4 Å². The molecule has 7 nitrogen and oxygen atoms in total. The Morgan fingerprint density at radius 3 is 2.50 bits per heavy atom. The van der Waals surface area contributed by atoms with E-state index in [1.165, 1.54) is 5.56 Å². The number of anilines is 2. The van der Waals surface area contributed by atoms with Gasteiger partial charge in [0.15, 0.2) is 0 Å². The number of carbonyl (C=O) groups is 1. The maximum absolute atomic E-state index is 12.9. The molecule has 4 rings (SSSR count). The zero-order chi connectivity index (χ0) is 24.1. The van der Waals surface area contributed by atoms with Crippen molar-refractivity contribution >= 4 is 17.5 Å². The molecule has 0 aliphatic heterocycles. The molecule has 0 fully saturated rings. The molecule has 1 amide bonds. The maximum atomic E-state index is 12.9. The van der Waals surface area contributed by atoms with Gasteiger partial charge >= 0.3 is 0 Å². The summed E-state index contributed by atoms with van der Waals surface area (Å²) in [5, 5.41) is 5.89. The molecule has 172 valence electrons. The van der Waals surface area contributed by atoms with Crippen LogP contribution in [0, 0.1) is 6.92 Å². The highest BCUT2D eigenvalue weighted by molar-refractivity contribution is 6.04. The Hall–Kier alpha value is -4.26. The van der Waals surface area contributed by atoms with Gasteiger partial charge in [-0.3, -0.25) is 4.79 Å². The van der Waals surface area contributed by atoms with Gasteiger partial charge in [-0.1, -0.05) is 32.0 Å². The third-order valence-corrected chi connectivity index (χ3v) is 5.42. The summed E-state index contributed by atoms with van der Waals surface area (Å²) in [6.07, 6.45) is 3.33. The van der Waals surface area contributed by atoms with E-state index in [0.29, 0.717) is 34.8 Å². The number of nitrogens with one attached hydrogen (secondary N) is 2. The van der Waals surface area contributed by atoms with E-state index in [0.717, 1.165) is 16.8 Å². The molecule has 2 N–H and O–H groups in total. The van der Waals surface area contributed by atoms with Gasteiger partial charge in [0.05, 0.1) is 11.3 Å². The average Bonchev–Trinajstić information content (AvgIpc) is 2.86. The van der Waals surface area contributed by atoms with Crippen molar-refractivity contribution in [1.29, 1.82) is 0 Å². The van der Waals surface area contributed by atoms with Gasteiger partial charge in [-0.2, -0.15) is 0 Å². The summed E-state index contributed by atoms with van der Waals surface area (Å²) in [5.74, 6) is 1.67. The Kier molecular flexibility index (Phi) is 6.82. The monoisotopic (exact) mass is 453 g/mol. The van der Waals surface area contributed by atoms with Crippen LogP contribution in [-0.2, 0) is 0 Å². The first kappa shape index (κ1) is 22.9. The summed E-state index contributed by atoms with van der Waals surface area (Å²) in [4.78, 5) is 26.0. The minimum Gasteiger partial charge on any atom is -0.438 e. The summed E-state index contributed by atoms with van der Waals surface area (Å²) < 4.78 is 6.18. The highest BCUT2D eigenvalue weighted by atomic mass is 16.5. The van der Waals surface area contributed by atoms with Gasteiger partial charge in [0, 0.05) is 30.7 Å². The van der Waals surface area contributed by atoms with Crippen molar-refractivity contribution in [2.24, 2.45) is 0 Å². The SMILES string of the molecule is CNc1nccc(-c2cccnc2Oc2cc(C(=O)Nc3ccc(C(C)C)cc3)ccc2C)n1. The van der Waals surface area contributed by atoms with Crippen molar-refractivity contribution < 1.29 is 9.53 Å². The predicted octanol–water partition coefficient (Wildman–Crippen LogP) is 6.06. The Morgan fingerprint density at radius 1 is 0.971 bits per heavy atom. The summed E-state index contributed by atoms with van der Waals surface area (Å²) in [6.45, 7) is 6.20. The van der Waals surface area contributed by atoms with Gasteiger partial charge in [0.2, 0.25) is 11.8 Å². The Morgan fingerprint density at radius 2 is 1.76 bits per heavy atom. The molecule has 4 aromatic rings. The van der Waals surface area contributed by atoms with Crippen molar-refractivity contribution in [2.75, 3.05) is 17.7 Å². The van der Waals surface area contributed by atoms with Gasteiger partial charge < -0.3 is 15.4 Å². The van der Waals surface area contributed by atoms with Crippen LogP contribution in [0.15, 0.2) is 73.1 Å². The van der Waals surface area contributed by atoms with Crippen LogP contribution in [-0.4, -0.2) is 27.9 Å². The second-order valence-corrected chi connectivity index (χ2v) is 8.18. The van der Waals surface area contributed by atoms with E-state index < -0.39 is 0 Å². The van der Waals surface area contributed by atoms with Crippen molar-refractivity contribution in [2.45, 2.75) is 26.7 Å². The number of hydrogen-bond donors (Lipinski definition) is 2. The molecule has 7 heteroatoms. The number of nitrogens with zero attached hydrogens (tertiary/aromatic N) is 3. The highest BCUT2D eigenvalue weighted by Crippen LogP contribution is 2.32. The van der Waals surface area contributed by atoms with E-state index in [1.54, 1.807) is 37.6 Å². The fourth-order valence-corrected chi connectivity index (χ4v) is 3.41. The van der Waals surface area contributed by atoms with E-state index in [1.807, 2.05) is 49.4 Å². The normalized spacial score (nSPS) is 10.7. The lowest BCUT2D eigenvalue weighted by molar-refractivity contribution is 0.102. The molecule has 34 heavy (non-hydrogen) atoms. The molecular formula is C27H27N5O2. The van der Waals surface area contributed by atoms with Gasteiger partial charge in [0.1, 0.15) is 5.75 Å². The molecule has 0 radical (unpaired) electrons. The maximum Gasteiger partial charge on any atom is 0.255 e. The first-order chi connectivity index (χ1) is 16.4. The number of carbonyl (C=O) groups excluding carboxylic acids is 1. The summed E-state index contributed by atoms with van der Waals surface area (Å²) in [7, 11) is 1.76. The van der Waals surface area contributed by atoms with Crippen molar-refractivity contribution in [3.63, 3.8) is 0 Å². The van der Waals surface area contributed by atoms with Crippen molar-refractivity contribution in [1.82, 2.24) is 15.0 Å². The zero-order valence-corrected chi connectivity index (χ0v) is 19.7. The van der Waals surface area contributed by atoms with Crippen LogP contribution in [0.25, 0.3) is 11.3 Å². The average molecular weight is 454 g/mol. The smallest absolute Gasteiger partial charge is 0.255 e. The number of aryl methyl sites for hydroxylation is 1. The number of ether oxygens (including phenoxy) is 1. The first-order valence-electron chi connectivity index (χ1n) is 11.1. The zero-order valence-electron chi connectivity index (χ0n) is 19.7. The topological polar surface area (TPSA) is 89.0 Å². The largest absolute Gasteiger partial charge is 0.438 e. The predicted molar refractivity (Wildman–Crippen MR) is 135 cm³/mol. The molecule has 0 unspecified atom stereocenters. The second-order valence-electron chi connectivity index (χ2n) is 8.18. The number of hydrogen-bond acceptors (Lipinski definition) is 6. The highest BCUT2D eigenvalue weighted by Gasteiger charge is 2.14. The molecule has 0 spiro atoms. The number of pyridine rings is 1. The van der Waals surface area contributed by atoms with Crippen molar-refractivity contribution in [3.05, 3.63) is 89.7 Å². The van der Waals surface area contributed by atoms with Gasteiger partial charge in [-0.05, 0) is 66.4 Å². The van der Waals surface area contributed by atoms with Crippen LogP contribution in [0.5, 0.6) is 11.6 Å². The molecule has 0 bridgehead atoms. The van der Waals surface area contributed by atoms with Crippen LogP contribution >= 0.6 is 0 Å². The third-order valence-electron chi connectivity index (χ3n) is 5.42. The van der Waals surface area contributed by atoms with Crippen LogP contribution < -0.4 is 15.4 Å². The second kappa shape index (κ2) is 10.1. The van der Waals surface area contributed by atoms with E-state index >= 15 is 0 Å². The molecule has 0 aliphatic rings. The number of rotatable bonds is 7. The number of amides is 1. The number of aromatic nitrogens is 3. The lowest BCUT2D eigenvalue weighted by Gasteiger charge is -2.13. The first-order valence-corrected chi connectivity index (χ1v) is 11.1. The molecule has 0 saturated heterocycles. The third kappa shape index (κ3) is 5.20. The lowest BCUT2D eigenvalue weighted by atomic mass is 10.0. The standard InChI is InChI=1S/C27H27N5O2/c1-17(2)19-9-11-21(12-10-19)31-25(33)20-8-7-18(3)24(16-20)34-26-22(6-5-14-29-26)23-13-15-30-27(28-4)32-23/h5-17H,1-4H3,(H,31,33)(H,28,30,32). The molecular weight excluding hydrogens is 426 g/mol. The van der Waals surface area contributed by atoms with Gasteiger partial charge in [-0.15, -0.1) is 0 Å². The Balaban J connectivity index is 1.58. The minimum absolute atomic E-state index is 0.210. The summed E-state index contributed by atoms with van der Waals surface area (Å²) in [5.41, 5.74) is 4.74. The fourth-order valence-electron chi connectivity index (χ4n) is 3.41. The van der Waals surface area contributed by atoms with Crippen LogP contribution in [0.4, 0.5) is 11.6 Å². The van der Waals surface area contributed by atoms with E-state index in [-0.39, 0.29) is 5.91 Å². The van der Waals surface area contributed by atoms with Gasteiger partial charge in [0.25, 0.3) is 5.91 Å². The van der Waals surface area contributed by atoms with Gasteiger partial charge in [-0.25, -0.2) is 15.0 Å². The molecule has 0 aliphatic carbocycles. The summed E-state index contributed by atoms with van der Waals surface area (Å²) >= 11 is 0. The lowest BCUT2D eigenvalue weighted by Crippen LogP contribution is -2.12. The van der Waals surface area contributed by atoms with Crippen molar-refractivity contribution in [3.8, 4) is 22.9 Å². The molecule has 2 aromatic carbocycles. The molecule has 2 aromatic heterocycles. The van der Waals surface area contributed by atoms with Crippen LogP contribution in [0.3, 0.4) is 0 Å². The van der Waals surface area contributed by atoms with Crippen LogP contribution in [0.1, 0.15) is 41.3 Å². The van der Waals surface area contributed by atoms with E-state index in [9.17, 15) is 4.79 Å². The Bertz CT molecular complexity index is 1300. The Labute approximate surface area is 199 Å². The fraction of sp³-hybridized carbons (Fsp3) is 0.185. The quantitative estimate of drug-likeness (QED) is 0.354. The minimum atomic E-state index is -0.210. The number of benzene rings is 2. The molecule has 2 heterocycles. The van der Waals surface area contributed by atoms with E-state index in [4.69, 9.17) is 4.74 Å².